The van der Waals surface area contributed by atoms with Crippen LogP contribution in [-0.4, -0.2) is 69.5 Å². The number of nitrogens with one attached hydrogen (secondary N) is 2. The lowest BCUT2D eigenvalue weighted by Gasteiger charge is -2.34. The first-order chi connectivity index (χ1) is 14.2. The van der Waals surface area contributed by atoms with E-state index in [-0.39, 0.29) is 48.2 Å². The second-order valence-electron chi connectivity index (χ2n) is 7.63. The third-order valence-electron chi connectivity index (χ3n) is 5.38. The smallest absolute Gasteiger partial charge is 0.191 e. The monoisotopic (exact) mass is 538 g/mol. The summed E-state index contributed by atoms with van der Waals surface area (Å²) in [6.07, 6.45) is 4.39. The number of rotatable bonds is 8. The highest BCUT2D eigenvalue weighted by Gasteiger charge is 2.22. The summed E-state index contributed by atoms with van der Waals surface area (Å²) in [6, 6.07) is 4.20. The number of benzene rings is 1. The Bertz CT molecular complexity index is 654. The van der Waals surface area contributed by atoms with Gasteiger partial charge in [0.1, 0.15) is 11.6 Å². The predicted molar refractivity (Wildman–Crippen MR) is 124 cm³/mol. The Kier molecular flexibility index (Phi) is 11.3. The number of hydrogen-bond acceptors (Lipinski definition) is 4. The van der Waals surface area contributed by atoms with Gasteiger partial charge in [0, 0.05) is 44.9 Å². The molecule has 2 fully saturated rings. The number of halogens is 3. The minimum Gasteiger partial charge on any atom is -0.377 e. The Balaban J connectivity index is 0.00000320. The van der Waals surface area contributed by atoms with Crippen LogP contribution in [0, 0.1) is 11.6 Å². The molecule has 0 bridgehead atoms. The third-order valence-corrected chi connectivity index (χ3v) is 5.38. The summed E-state index contributed by atoms with van der Waals surface area (Å²) >= 11 is 0. The van der Waals surface area contributed by atoms with Crippen molar-refractivity contribution in [3.8, 4) is 0 Å². The maximum Gasteiger partial charge on any atom is 0.191 e. The van der Waals surface area contributed by atoms with E-state index in [1.54, 1.807) is 7.05 Å². The van der Waals surface area contributed by atoms with E-state index in [1.165, 1.54) is 18.2 Å². The van der Waals surface area contributed by atoms with Gasteiger partial charge in [0.05, 0.1) is 19.3 Å². The van der Waals surface area contributed by atoms with Crippen LogP contribution in [0.15, 0.2) is 23.2 Å². The molecule has 2 heterocycles. The van der Waals surface area contributed by atoms with Gasteiger partial charge >= 0.3 is 0 Å². The molecule has 0 saturated carbocycles. The number of piperidine rings is 1. The Hall–Kier alpha value is -1.04. The first-order valence-electron chi connectivity index (χ1n) is 10.5. The topological polar surface area (TPSA) is 58.1 Å². The molecule has 0 aliphatic carbocycles. The van der Waals surface area contributed by atoms with Gasteiger partial charge < -0.3 is 20.1 Å². The summed E-state index contributed by atoms with van der Waals surface area (Å²) in [5, 5.41) is 6.67. The average molecular weight is 538 g/mol. The van der Waals surface area contributed by atoms with E-state index >= 15 is 0 Å². The molecule has 3 rings (SSSR count). The highest BCUT2D eigenvalue weighted by Crippen LogP contribution is 2.18. The summed E-state index contributed by atoms with van der Waals surface area (Å²) in [5.74, 6) is -0.254. The zero-order valence-electron chi connectivity index (χ0n) is 17.5. The van der Waals surface area contributed by atoms with Gasteiger partial charge in [-0.1, -0.05) is 6.07 Å². The van der Waals surface area contributed by atoms with Crippen LogP contribution in [-0.2, 0) is 16.0 Å². The van der Waals surface area contributed by atoms with Gasteiger partial charge in [-0.15, -0.1) is 24.0 Å². The molecule has 0 spiro atoms. The van der Waals surface area contributed by atoms with Crippen molar-refractivity contribution in [3.63, 3.8) is 0 Å². The summed E-state index contributed by atoms with van der Waals surface area (Å²) in [5.41, 5.74) is 0.138. The SMILES string of the molecule is CN=C(NCCOCC1CCCO1)NC1CCCN(Cc2c(F)cccc2F)C1.I. The van der Waals surface area contributed by atoms with E-state index in [2.05, 4.69) is 20.5 Å². The zero-order chi connectivity index (χ0) is 20.5. The van der Waals surface area contributed by atoms with Crippen molar-refractivity contribution in [2.45, 2.75) is 44.4 Å². The molecule has 1 aromatic rings. The molecule has 0 radical (unpaired) electrons. The van der Waals surface area contributed by atoms with E-state index in [1.807, 2.05) is 0 Å². The van der Waals surface area contributed by atoms with Crippen molar-refractivity contribution >= 4 is 29.9 Å². The number of likely N-dealkylation sites (tertiary alicyclic amines) is 1. The highest BCUT2D eigenvalue weighted by molar-refractivity contribution is 14.0. The standard InChI is InChI=1S/C21H32F2N4O2.HI/c1-24-21(25-9-12-28-15-17-6-4-11-29-17)26-16-5-3-10-27(13-16)14-18-19(22)7-2-8-20(18)23;/h2,7-8,16-17H,3-6,9-15H2,1H3,(H2,24,25,26);1H. The lowest BCUT2D eigenvalue weighted by Crippen LogP contribution is -2.51. The summed E-state index contributed by atoms with van der Waals surface area (Å²) in [6.45, 7) is 4.54. The van der Waals surface area contributed by atoms with E-state index in [9.17, 15) is 8.78 Å². The van der Waals surface area contributed by atoms with Crippen LogP contribution in [0.5, 0.6) is 0 Å². The summed E-state index contributed by atoms with van der Waals surface area (Å²) in [7, 11) is 1.73. The van der Waals surface area contributed by atoms with Crippen LogP contribution in [0.3, 0.4) is 0 Å². The third kappa shape index (κ3) is 7.90. The first-order valence-corrected chi connectivity index (χ1v) is 10.5. The molecule has 30 heavy (non-hydrogen) atoms. The largest absolute Gasteiger partial charge is 0.377 e. The van der Waals surface area contributed by atoms with Crippen molar-refractivity contribution in [1.29, 1.82) is 0 Å². The van der Waals surface area contributed by atoms with Crippen molar-refractivity contribution in [2.24, 2.45) is 4.99 Å². The van der Waals surface area contributed by atoms with Gasteiger partial charge in [-0.3, -0.25) is 9.89 Å². The fraction of sp³-hybridized carbons (Fsp3) is 0.667. The minimum atomic E-state index is -0.486. The van der Waals surface area contributed by atoms with Gasteiger partial charge in [0.25, 0.3) is 0 Å². The fourth-order valence-corrected chi connectivity index (χ4v) is 3.84. The van der Waals surface area contributed by atoms with Gasteiger partial charge in [0.2, 0.25) is 0 Å². The molecule has 2 aliphatic heterocycles. The van der Waals surface area contributed by atoms with Crippen molar-refractivity contribution in [1.82, 2.24) is 15.5 Å². The number of aliphatic imine (C=N–C) groups is 1. The van der Waals surface area contributed by atoms with Crippen LogP contribution in [0.25, 0.3) is 0 Å². The number of ether oxygens (including phenoxy) is 2. The zero-order valence-corrected chi connectivity index (χ0v) is 19.9. The second kappa shape index (κ2) is 13.4. The molecule has 2 atom stereocenters. The molecule has 2 N–H and O–H groups in total. The Labute approximate surface area is 194 Å². The Morgan fingerprint density at radius 3 is 2.77 bits per heavy atom. The normalized spacial score (nSPS) is 22.6. The average Bonchev–Trinajstić information content (AvgIpc) is 3.23. The van der Waals surface area contributed by atoms with Gasteiger partial charge in [-0.2, -0.15) is 0 Å². The molecule has 2 aliphatic rings. The first kappa shape index (κ1) is 25.2. The molecule has 0 aromatic heterocycles. The lowest BCUT2D eigenvalue weighted by atomic mass is 10.0. The van der Waals surface area contributed by atoms with E-state index in [0.717, 1.165) is 44.8 Å². The van der Waals surface area contributed by atoms with E-state index in [0.29, 0.717) is 26.3 Å². The van der Waals surface area contributed by atoms with Gasteiger partial charge in [-0.25, -0.2) is 8.78 Å². The Morgan fingerprint density at radius 1 is 1.27 bits per heavy atom. The summed E-state index contributed by atoms with van der Waals surface area (Å²) in [4.78, 5) is 6.35. The molecule has 2 unspecified atom stereocenters. The van der Waals surface area contributed by atoms with E-state index < -0.39 is 11.6 Å². The van der Waals surface area contributed by atoms with Crippen LogP contribution in [0.1, 0.15) is 31.2 Å². The summed E-state index contributed by atoms with van der Waals surface area (Å²) < 4.78 is 39.1. The molecule has 6 nitrogen and oxygen atoms in total. The van der Waals surface area contributed by atoms with Gasteiger partial charge in [0.15, 0.2) is 5.96 Å². The van der Waals surface area contributed by atoms with Crippen molar-refractivity contribution in [2.75, 3.05) is 46.5 Å². The fourth-order valence-electron chi connectivity index (χ4n) is 3.84. The van der Waals surface area contributed by atoms with Crippen LogP contribution >= 0.6 is 24.0 Å². The van der Waals surface area contributed by atoms with Crippen molar-refractivity contribution in [3.05, 3.63) is 35.4 Å². The molecule has 0 amide bonds. The maximum atomic E-state index is 13.9. The molecule has 170 valence electrons. The van der Waals surface area contributed by atoms with E-state index in [4.69, 9.17) is 9.47 Å². The minimum absolute atomic E-state index is 0. The van der Waals surface area contributed by atoms with Crippen LogP contribution < -0.4 is 10.6 Å². The van der Waals surface area contributed by atoms with Gasteiger partial charge in [-0.05, 0) is 44.4 Å². The molecule has 9 heteroatoms. The second-order valence-corrected chi connectivity index (χ2v) is 7.63. The quantitative estimate of drug-likeness (QED) is 0.231. The Morgan fingerprint density at radius 2 is 2.07 bits per heavy atom. The number of nitrogens with zero attached hydrogens (tertiary/aromatic N) is 2. The van der Waals surface area contributed by atoms with Crippen LogP contribution in [0.4, 0.5) is 8.78 Å². The molecule has 2 saturated heterocycles. The molecular formula is C21H33F2IN4O2. The molecule has 1 aromatic carbocycles. The number of hydrogen-bond donors (Lipinski definition) is 2. The predicted octanol–water partition coefficient (Wildman–Crippen LogP) is 2.91. The number of guanidine groups is 1. The lowest BCUT2D eigenvalue weighted by molar-refractivity contribution is 0.0191. The molecular weight excluding hydrogens is 505 g/mol. The maximum absolute atomic E-state index is 13.9. The highest BCUT2D eigenvalue weighted by atomic mass is 127. The van der Waals surface area contributed by atoms with Crippen molar-refractivity contribution < 1.29 is 18.3 Å². The van der Waals surface area contributed by atoms with Crippen LogP contribution in [0.2, 0.25) is 0 Å².